The van der Waals surface area contributed by atoms with E-state index in [4.69, 9.17) is 28.8 Å². The van der Waals surface area contributed by atoms with Gasteiger partial charge in [-0.2, -0.15) is 0 Å². The van der Waals surface area contributed by atoms with Crippen molar-refractivity contribution in [2.75, 3.05) is 0 Å². The molecule has 0 saturated heterocycles. The molecule has 11 rings (SSSR count). The molecule has 0 aliphatic rings. The van der Waals surface area contributed by atoms with E-state index in [1.165, 1.54) is 0 Å². The van der Waals surface area contributed by atoms with E-state index in [1.807, 2.05) is 60.7 Å². The lowest BCUT2D eigenvalue weighted by Crippen LogP contribution is -2.01. The van der Waals surface area contributed by atoms with Crippen LogP contribution in [0.5, 0.6) is 0 Å². The summed E-state index contributed by atoms with van der Waals surface area (Å²) in [6, 6.07) is 57.7. The third kappa shape index (κ3) is 4.89. The van der Waals surface area contributed by atoms with Crippen molar-refractivity contribution in [2.45, 2.75) is 0 Å². The Kier molecular flexibility index (Phi) is 6.75. The molecular weight excluding hydrogens is 665 g/mol. The van der Waals surface area contributed by atoms with E-state index in [0.29, 0.717) is 28.9 Å². The zero-order chi connectivity index (χ0) is 35.6. The van der Waals surface area contributed by atoms with Crippen molar-refractivity contribution in [1.29, 1.82) is 0 Å². The summed E-state index contributed by atoms with van der Waals surface area (Å²) < 4.78 is 12.7. The lowest BCUT2D eigenvalue weighted by atomic mass is 9.98. The van der Waals surface area contributed by atoms with Crippen LogP contribution in [0.1, 0.15) is 0 Å². The van der Waals surface area contributed by atoms with Gasteiger partial charge in [-0.05, 0) is 69.1 Å². The van der Waals surface area contributed by atoms with Crippen molar-refractivity contribution < 1.29 is 8.83 Å². The van der Waals surface area contributed by atoms with Gasteiger partial charge in [-0.25, -0.2) is 19.9 Å². The molecule has 0 saturated carbocycles. The molecule has 6 heteroatoms. The van der Waals surface area contributed by atoms with Crippen LogP contribution in [0.2, 0.25) is 0 Å². The first kappa shape index (κ1) is 30.2. The van der Waals surface area contributed by atoms with Gasteiger partial charge in [0.15, 0.2) is 23.1 Å². The lowest BCUT2D eigenvalue weighted by Gasteiger charge is -2.14. The first-order valence-corrected chi connectivity index (χ1v) is 17.9. The van der Waals surface area contributed by atoms with Gasteiger partial charge in [0.25, 0.3) is 0 Å². The lowest BCUT2D eigenvalue weighted by molar-refractivity contribution is 0.619. The highest BCUT2D eigenvalue weighted by molar-refractivity contribution is 6.20. The molecule has 3 heterocycles. The molecule has 6 nitrogen and oxygen atoms in total. The maximum Gasteiger partial charge on any atom is 0.227 e. The Morgan fingerprint density at radius 3 is 1.69 bits per heavy atom. The fourth-order valence-corrected chi connectivity index (χ4v) is 7.63. The minimum atomic E-state index is 0.573. The molecule has 0 radical (unpaired) electrons. The topological polar surface area (TPSA) is 77.8 Å². The number of oxazole rings is 1. The van der Waals surface area contributed by atoms with Crippen molar-refractivity contribution in [3.05, 3.63) is 170 Å². The average Bonchev–Trinajstić information content (AvgIpc) is 3.84. The van der Waals surface area contributed by atoms with Crippen molar-refractivity contribution in [3.63, 3.8) is 0 Å². The van der Waals surface area contributed by atoms with E-state index in [0.717, 1.165) is 82.4 Å². The molecule has 0 N–H and O–H groups in total. The summed E-state index contributed by atoms with van der Waals surface area (Å²) in [6.45, 7) is 0. The van der Waals surface area contributed by atoms with Crippen LogP contribution in [0, 0.1) is 0 Å². The van der Waals surface area contributed by atoms with E-state index in [2.05, 4.69) is 109 Å². The Balaban J connectivity index is 1.17. The van der Waals surface area contributed by atoms with Crippen LogP contribution in [0.15, 0.2) is 179 Å². The molecule has 0 unspecified atom stereocenters. The van der Waals surface area contributed by atoms with Gasteiger partial charge in [0.1, 0.15) is 16.7 Å². The average molecular weight is 693 g/mol. The van der Waals surface area contributed by atoms with Gasteiger partial charge >= 0.3 is 0 Å². The molecule has 0 spiro atoms. The van der Waals surface area contributed by atoms with Crippen LogP contribution >= 0.6 is 0 Å². The van der Waals surface area contributed by atoms with Gasteiger partial charge in [-0.1, -0.05) is 133 Å². The Bertz CT molecular complexity index is 3220. The number of aromatic nitrogens is 4. The predicted octanol–water partition coefficient (Wildman–Crippen LogP) is 12.6. The van der Waals surface area contributed by atoms with E-state index >= 15 is 0 Å². The number of hydrogen-bond acceptors (Lipinski definition) is 6. The first-order chi connectivity index (χ1) is 26.7. The van der Waals surface area contributed by atoms with E-state index in [9.17, 15) is 0 Å². The maximum atomic E-state index is 6.46. The Morgan fingerprint density at radius 1 is 0.333 bits per heavy atom. The number of nitrogens with zero attached hydrogens (tertiary/aromatic N) is 4. The van der Waals surface area contributed by atoms with Gasteiger partial charge in [0, 0.05) is 27.6 Å². The standard InChI is InChI=1S/C48H28N4O2/c1-3-13-29(14-4-1)33-21-9-10-22-35(33)45-50-46(36-23-11-18-30-15-7-8-20-34(30)36)52-47(51-45)37-24-12-19-32-27-42-39(28-38(32)37)43-40(53-42)25-26-41-44(43)49-48(54-41)31-16-5-2-6-17-31/h1-28H. The molecule has 0 amide bonds. The molecule has 3 aromatic heterocycles. The van der Waals surface area contributed by atoms with Gasteiger partial charge in [0.2, 0.25) is 5.89 Å². The maximum absolute atomic E-state index is 6.46. The number of rotatable bonds is 5. The fourth-order valence-electron chi connectivity index (χ4n) is 7.63. The quantitative estimate of drug-likeness (QED) is 0.179. The predicted molar refractivity (Wildman–Crippen MR) is 217 cm³/mol. The SMILES string of the molecule is c1ccc(-c2nc3c(ccc4oc5cc6cccc(-c7nc(-c8ccccc8-c8ccccc8)nc(-c8cccc9ccccc89)n7)c6cc5c43)o2)cc1. The van der Waals surface area contributed by atoms with Gasteiger partial charge in [-0.3, -0.25) is 0 Å². The molecule has 0 bridgehead atoms. The summed E-state index contributed by atoms with van der Waals surface area (Å²) in [5.74, 6) is 2.37. The zero-order valence-electron chi connectivity index (χ0n) is 28.8. The van der Waals surface area contributed by atoms with Crippen LogP contribution in [0.25, 0.3) is 111 Å². The van der Waals surface area contributed by atoms with E-state index in [-0.39, 0.29) is 0 Å². The summed E-state index contributed by atoms with van der Waals surface area (Å²) in [7, 11) is 0. The second-order valence-corrected chi connectivity index (χ2v) is 13.4. The molecule has 0 aliphatic heterocycles. The number of fused-ring (bicyclic) bond motifs is 7. The van der Waals surface area contributed by atoms with Crippen LogP contribution < -0.4 is 0 Å². The van der Waals surface area contributed by atoms with Crippen LogP contribution in [0.3, 0.4) is 0 Å². The van der Waals surface area contributed by atoms with Crippen molar-refractivity contribution in [3.8, 4) is 56.7 Å². The Morgan fingerprint density at radius 2 is 0.907 bits per heavy atom. The Labute approximate surface area is 309 Å². The second kappa shape index (κ2) is 12.1. The highest BCUT2D eigenvalue weighted by Crippen LogP contribution is 2.41. The number of furan rings is 1. The zero-order valence-corrected chi connectivity index (χ0v) is 28.8. The normalized spacial score (nSPS) is 11.7. The third-order valence-electron chi connectivity index (χ3n) is 10.2. The third-order valence-corrected chi connectivity index (χ3v) is 10.2. The van der Waals surface area contributed by atoms with Crippen LogP contribution in [-0.2, 0) is 0 Å². The summed E-state index contributed by atoms with van der Waals surface area (Å²) in [5, 5.41) is 6.07. The molecule has 0 atom stereocenters. The molecule has 0 aliphatic carbocycles. The van der Waals surface area contributed by atoms with Crippen molar-refractivity contribution in [1.82, 2.24) is 19.9 Å². The molecule has 54 heavy (non-hydrogen) atoms. The van der Waals surface area contributed by atoms with E-state index in [1.54, 1.807) is 0 Å². The minimum absolute atomic E-state index is 0.573. The van der Waals surface area contributed by atoms with Gasteiger partial charge in [-0.15, -0.1) is 0 Å². The molecule has 11 aromatic rings. The summed E-state index contributed by atoms with van der Waals surface area (Å²) in [4.78, 5) is 20.7. The monoisotopic (exact) mass is 692 g/mol. The highest BCUT2D eigenvalue weighted by atomic mass is 16.4. The summed E-state index contributed by atoms with van der Waals surface area (Å²) in [5.41, 5.74) is 8.83. The minimum Gasteiger partial charge on any atom is -0.456 e. The highest BCUT2D eigenvalue weighted by Gasteiger charge is 2.21. The molecule has 8 aromatic carbocycles. The second-order valence-electron chi connectivity index (χ2n) is 13.4. The fraction of sp³-hybridized carbons (Fsp3) is 0. The number of hydrogen-bond donors (Lipinski definition) is 0. The van der Waals surface area contributed by atoms with Crippen molar-refractivity contribution >= 4 is 54.6 Å². The van der Waals surface area contributed by atoms with Gasteiger partial charge in [0.05, 0.1) is 5.39 Å². The summed E-state index contributed by atoms with van der Waals surface area (Å²) in [6.07, 6.45) is 0. The first-order valence-electron chi connectivity index (χ1n) is 17.9. The van der Waals surface area contributed by atoms with E-state index < -0.39 is 0 Å². The van der Waals surface area contributed by atoms with Crippen LogP contribution in [-0.4, -0.2) is 19.9 Å². The summed E-state index contributed by atoms with van der Waals surface area (Å²) >= 11 is 0. The van der Waals surface area contributed by atoms with Crippen molar-refractivity contribution in [2.24, 2.45) is 0 Å². The molecule has 252 valence electrons. The largest absolute Gasteiger partial charge is 0.456 e. The number of benzene rings is 8. The molecule has 0 fully saturated rings. The van der Waals surface area contributed by atoms with Crippen LogP contribution in [0.4, 0.5) is 0 Å². The Hall–Kier alpha value is -7.44. The smallest absolute Gasteiger partial charge is 0.227 e. The molecular formula is C48H28N4O2. The van der Waals surface area contributed by atoms with Gasteiger partial charge < -0.3 is 8.83 Å².